The molecule has 0 aromatic carbocycles. The third kappa shape index (κ3) is 2.60. The minimum atomic E-state index is -1.30. The fourth-order valence-corrected chi connectivity index (χ4v) is 2.19. The highest BCUT2D eigenvalue weighted by atomic mass is 79.9. The van der Waals surface area contributed by atoms with Crippen LogP contribution in [0.25, 0.3) is 0 Å². The van der Waals surface area contributed by atoms with Crippen LogP contribution in [0.3, 0.4) is 0 Å². The molecule has 0 radical (unpaired) electrons. The maximum absolute atomic E-state index is 12.4. The van der Waals surface area contributed by atoms with Crippen molar-refractivity contribution < 1.29 is 9.90 Å². The van der Waals surface area contributed by atoms with E-state index in [1.807, 2.05) is 27.7 Å². The standard InChI is InChI=1S/C12H19BrN2O2/c1-5-12(17,6-2)11(16)10-9(13)7-14-15(10)8(3)4/h7-8,17H,5-6H2,1-4H3. The molecule has 0 aliphatic carbocycles. The summed E-state index contributed by atoms with van der Waals surface area (Å²) >= 11 is 3.32. The molecule has 4 nitrogen and oxygen atoms in total. The largest absolute Gasteiger partial charge is 0.382 e. The van der Waals surface area contributed by atoms with Gasteiger partial charge in [-0.05, 0) is 42.6 Å². The molecule has 17 heavy (non-hydrogen) atoms. The molecule has 1 N–H and O–H groups in total. The van der Waals surface area contributed by atoms with Gasteiger partial charge in [0.05, 0.1) is 10.7 Å². The fourth-order valence-electron chi connectivity index (χ4n) is 1.74. The summed E-state index contributed by atoms with van der Waals surface area (Å²) in [5.41, 5.74) is -0.846. The van der Waals surface area contributed by atoms with E-state index in [4.69, 9.17) is 0 Å². The highest BCUT2D eigenvalue weighted by Crippen LogP contribution is 2.27. The predicted octanol–water partition coefficient (Wildman–Crippen LogP) is 2.96. The van der Waals surface area contributed by atoms with Crippen molar-refractivity contribution in [3.05, 3.63) is 16.4 Å². The van der Waals surface area contributed by atoms with E-state index in [-0.39, 0.29) is 11.8 Å². The second-order valence-electron chi connectivity index (χ2n) is 4.45. The molecule has 0 saturated heterocycles. The molecule has 0 aliphatic rings. The Balaban J connectivity index is 3.24. The highest BCUT2D eigenvalue weighted by molar-refractivity contribution is 9.10. The molecule has 0 amide bonds. The Labute approximate surface area is 110 Å². The lowest BCUT2D eigenvalue weighted by molar-refractivity contribution is 0.0265. The third-order valence-corrected chi connectivity index (χ3v) is 3.63. The van der Waals surface area contributed by atoms with Crippen LogP contribution < -0.4 is 0 Å². The summed E-state index contributed by atoms with van der Waals surface area (Å²) in [5.74, 6) is -0.263. The highest BCUT2D eigenvalue weighted by Gasteiger charge is 2.36. The first-order valence-corrected chi connectivity index (χ1v) is 6.66. The molecule has 96 valence electrons. The van der Waals surface area contributed by atoms with Gasteiger partial charge in [-0.25, -0.2) is 0 Å². The number of rotatable bonds is 5. The summed E-state index contributed by atoms with van der Waals surface area (Å²) in [6, 6.07) is 0.0817. The maximum atomic E-state index is 12.4. The molecule has 1 rings (SSSR count). The van der Waals surface area contributed by atoms with Gasteiger partial charge in [-0.3, -0.25) is 9.48 Å². The van der Waals surface area contributed by atoms with Crippen molar-refractivity contribution in [3.63, 3.8) is 0 Å². The molecular formula is C12H19BrN2O2. The van der Waals surface area contributed by atoms with E-state index in [0.29, 0.717) is 23.0 Å². The zero-order valence-corrected chi connectivity index (χ0v) is 12.3. The second-order valence-corrected chi connectivity index (χ2v) is 5.30. The van der Waals surface area contributed by atoms with E-state index in [1.54, 1.807) is 10.9 Å². The third-order valence-electron chi connectivity index (χ3n) is 3.05. The van der Waals surface area contributed by atoms with Crippen LogP contribution in [0, 0.1) is 0 Å². The van der Waals surface area contributed by atoms with Crippen molar-refractivity contribution in [1.82, 2.24) is 9.78 Å². The zero-order valence-electron chi connectivity index (χ0n) is 10.7. The van der Waals surface area contributed by atoms with Gasteiger partial charge >= 0.3 is 0 Å². The molecule has 0 fully saturated rings. The van der Waals surface area contributed by atoms with Gasteiger partial charge in [0.1, 0.15) is 11.3 Å². The molecule has 1 heterocycles. The molecule has 0 saturated carbocycles. The van der Waals surface area contributed by atoms with Gasteiger partial charge in [0.25, 0.3) is 0 Å². The molecule has 5 heteroatoms. The lowest BCUT2D eigenvalue weighted by Crippen LogP contribution is -2.39. The SMILES string of the molecule is CCC(O)(CC)C(=O)c1c(Br)cnn1C(C)C. The molecule has 0 spiro atoms. The van der Waals surface area contributed by atoms with Crippen LogP contribution in [-0.4, -0.2) is 26.3 Å². The number of aromatic nitrogens is 2. The predicted molar refractivity (Wildman–Crippen MR) is 70.2 cm³/mol. The number of carbonyl (C=O) groups is 1. The van der Waals surface area contributed by atoms with Crippen molar-refractivity contribution in [3.8, 4) is 0 Å². The first kappa shape index (κ1) is 14.4. The number of hydrogen-bond acceptors (Lipinski definition) is 3. The van der Waals surface area contributed by atoms with Gasteiger partial charge < -0.3 is 5.11 Å². The van der Waals surface area contributed by atoms with E-state index < -0.39 is 5.60 Å². The fraction of sp³-hybridized carbons (Fsp3) is 0.667. The number of carbonyl (C=O) groups excluding carboxylic acids is 1. The van der Waals surface area contributed by atoms with Crippen LogP contribution in [0.15, 0.2) is 10.7 Å². The monoisotopic (exact) mass is 302 g/mol. The van der Waals surface area contributed by atoms with Crippen molar-refractivity contribution in [1.29, 1.82) is 0 Å². The Morgan fingerprint density at radius 3 is 2.47 bits per heavy atom. The Morgan fingerprint density at radius 2 is 2.06 bits per heavy atom. The summed E-state index contributed by atoms with van der Waals surface area (Å²) in [4.78, 5) is 12.4. The number of nitrogens with zero attached hydrogens (tertiary/aromatic N) is 2. The molecule has 0 bridgehead atoms. The van der Waals surface area contributed by atoms with Gasteiger partial charge in [0.2, 0.25) is 5.78 Å². The van der Waals surface area contributed by atoms with Crippen LogP contribution >= 0.6 is 15.9 Å². The summed E-state index contributed by atoms with van der Waals surface area (Å²) in [7, 11) is 0. The summed E-state index contributed by atoms with van der Waals surface area (Å²) in [6.45, 7) is 7.52. The molecular weight excluding hydrogens is 284 g/mol. The van der Waals surface area contributed by atoms with E-state index in [0.717, 1.165) is 0 Å². The Morgan fingerprint density at radius 1 is 1.53 bits per heavy atom. The Hall–Kier alpha value is -0.680. The minimum Gasteiger partial charge on any atom is -0.382 e. The van der Waals surface area contributed by atoms with Gasteiger partial charge in [0, 0.05) is 6.04 Å². The van der Waals surface area contributed by atoms with Crippen LogP contribution in [0.1, 0.15) is 57.1 Å². The number of ketones is 1. The van der Waals surface area contributed by atoms with Crippen LogP contribution in [0.4, 0.5) is 0 Å². The molecule has 1 aromatic rings. The second kappa shape index (κ2) is 5.31. The Bertz CT molecular complexity index is 409. The van der Waals surface area contributed by atoms with Crippen molar-refractivity contribution in [2.75, 3.05) is 0 Å². The van der Waals surface area contributed by atoms with E-state index in [1.165, 1.54) is 0 Å². The summed E-state index contributed by atoms with van der Waals surface area (Å²) in [6.07, 6.45) is 2.40. The minimum absolute atomic E-state index is 0.0817. The topological polar surface area (TPSA) is 55.1 Å². The number of halogens is 1. The van der Waals surface area contributed by atoms with Gasteiger partial charge in [-0.2, -0.15) is 5.10 Å². The zero-order chi connectivity index (χ0) is 13.2. The van der Waals surface area contributed by atoms with Crippen LogP contribution in [0.5, 0.6) is 0 Å². The normalized spacial score (nSPS) is 12.2. The van der Waals surface area contributed by atoms with E-state index in [2.05, 4.69) is 21.0 Å². The lowest BCUT2D eigenvalue weighted by Gasteiger charge is -2.24. The first-order valence-electron chi connectivity index (χ1n) is 5.87. The smallest absolute Gasteiger partial charge is 0.213 e. The first-order chi connectivity index (χ1) is 7.87. The summed E-state index contributed by atoms with van der Waals surface area (Å²) in [5, 5.41) is 14.4. The van der Waals surface area contributed by atoms with E-state index in [9.17, 15) is 9.90 Å². The van der Waals surface area contributed by atoms with Crippen molar-refractivity contribution in [2.24, 2.45) is 0 Å². The summed E-state index contributed by atoms with van der Waals surface area (Å²) < 4.78 is 2.28. The molecule has 0 aliphatic heterocycles. The molecule has 0 unspecified atom stereocenters. The average Bonchev–Trinajstić information content (AvgIpc) is 2.69. The number of Topliss-reactive ketones (excluding diaryl/α,β-unsaturated/α-hetero) is 1. The van der Waals surface area contributed by atoms with Crippen molar-refractivity contribution >= 4 is 21.7 Å². The molecule has 0 atom stereocenters. The van der Waals surface area contributed by atoms with Gasteiger partial charge in [-0.15, -0.1) is 0 Å². The van der Waals surface area contributed by atoms with E-state index >= 15 is 0 Å². The molecule has 1 aromatic heterocycles. The number of hydrogen-bond donors (Lipinski definition) is 1. The quantitative estimate of drug-likeness (QED) is 0.851. The van der Waals surface area contributed by atoms with Gasteiger partial charge in [-0.1, -0.05) is 13.8 Å². The van der Waals surface area contributed by atoms with Gasteiger partial charge in [0.15, 0.2) is 0 Å². The average molecular weight is 303 g/mol. The van der Waals surface area contributed by atoms with Crippen LogP contribution in [-0.2, 0) is 0 Å². The maximum Gasteiger partial charge on any atom is 0.213 e. The Kier molecular flexibility index (Phi) is 4.49. The lowest BCUT2D eigenvalue weighted by atomic mass is 9.90. The number of aliphatic hydroxyl groups is 1. The van der Waals surface area contributed by atoms with Crippen LogP contribution in [0.2, 0.25) is 0 Å². The van der Waals surface area contributed by atoms with Crippen molar-refractivity contribution in [2.45, 2.75) is 52.2 Å².